The van der Waals surface area contributed by atoms with Gasteiger partial charge >= 0.3 is 0 Å². The maximum Gasteiger partial charge on any atom is 0.127 e. The highest BCUT2D eigenvalue weighted by Crippen LogP contribution is 2.24. The maximum absolute atomic E-state index is 13.7. The van der Waals surface area contributed by atoms with Crippen molar-refractivity contribution in [1.29, 1.82) is 0 Å². The number of halogens is 1. The van der Waals surface area contributed by atoms with Gasteiger partial charge in [0.05, 0.1) is 0 Å². The van der Waals surface area contributed by atoms with E-state index in [1.807, 2.05) is 26.1 Å². The van der Waals surface area contributed by atoms with Crippen molar-refractivity contribution < 1.29 is 4.39 Å². The summed E-state index contributed by atoms with van der Waals surface area (Å²) in [4.78, 5) is 2.13. The molecule has 0 saturated carbocycles. The number of hydrogen-bond donors (Lipinski definition) is 1. The highest BCUT2D eigenvalue weighted by Gasteiger charge is 2.25. The largest absolute Gasteiger partial charge is 0.324 e. The van der Waals surface area contributed by atoms with Crippen LogP contribution in [-0.4, -0.2) is 24.0 Å². The fourth-order valence-corrected chi connectivity index (χ4v) is 2.16. The van der Waals surface area contributed by atoms with Gasteiger partial charge in [-0.15, -0.1) is 0 Å². The molecule has 0 saturated heterocycles. The van der Waals surface area contributed by atoms with Gasteiger partial charge in [-0.2, -0.15) is 0 Å². The predicted molar refractivity (Wildman–Crippen MR) is 74.9 cm³/mol. The molecular weight excluding hydrogens is 227 g/mol. The van der Waals surface area contributed by atoms with Crippen LogP contribution in [0.15, 0.2) is 24.3 Å². The molecule has 1 unspecified atom stereocenters. The average molecular weight is 252 g/mol. The molecule has 1 atom stereocenters. The second-order valence-corrected chi connectivity index (χ2v) is 5.18. The van der Waals surface area contributed by atoms with E-state index in [0.29, 0.717) is 0 Å². The van der Waals surface area contributed by atoms with Crippen LogP contribution in [0.5, 0.6) is 0 Å². The van der Waals surface area contributed by atoms with Gasteiger partial charge in [0.2, 0.25) is 0 Å². The van der Waals surface area contributed by atoms with E-state index in [9.17, 15) is 4.39 Å². The van der Waals surface area contributed by atoms with Crippen LogP contribution in [0.1, 0.15) is 45.2 Å². The van der Waals surface area contributed by atoms with Crippen LogP contribution in [0.3, 0.4) is 0 Å². The maximum atomic E-state index is 13.7. The molecule has 18 heavy (non-hydrogen) atoms. The third kappa shape index (κ3) is 3.53. The summed E-state index contributed by atoms with van der Waals surface area (Å²) >= 11 is 0. The molecule has 0 radical (unpaired) electrons. The molecule has 2 N–H and O–H groups in total. The molecule has 1 aromatic rings. The van der Waals surface area contributed by atoms with Crippen LogP contribution in [0, 0.1) is 5.82 Å². The Hall–Kier alpha value is -0.930. The van der Waals surface area contributed by atoms with Gasteiger partial charge in [-0.1, -0.05) is 32.0 Å². The average Bonchev–Trinajstić information content (AvgIpc) is 2.38. The van der Waals surface area contributed by atoms with E-state index in [2.05, 4.69) is 18.7 Å². The van der Waals surface area contributed by atoms with E-state index in [1.54, 1.807) is 6.07 Å². The number of hydrogen-bond acceptors (Lipinski definition) is 2. The molecule has 1 aromatic carbocycles. The summed E-state index contributed by atoms with van der Waals surface area (Å²) in [6.45, 7) is 7.00. The first kappa shape index (κ1) is 15.1. The predicted octanol–water partition coefficient (Wildman–Crippen LogP) is 3.34. The fraction of sp³-hybridized carbons (Fsp3) is 0.600. The van der Waals surface area contributed by atoms with Crippen LogP contribution in [0.4, 0.5) is 4.39 Å². The molecule has 0 fully saturated rings. The van der Waals surface area contributed by atoms with Crippen LogP contribution >= 0.6 is 0 Å². The number of benzene rings is 1. The molecule has 0 aromatic heterocycles. The van der Waals surface area contributed by atoms with E-state index in [4.69, 9.17) is 5.73 Å². The van der Waals surface area contributed by atoms with Gasteiger partial charge in [0.1, 0.15) is 5.82 Å². The lowest BCUT2D eigenvalue weighted by Gasteiger charge is -2.35. The molecule has 0 spiro atoms. The first-order valence-corrected chi connectivity index (χ1v) is 6.67. The van der Waals surface area contributed by atoms with Crippen molar-refractivity contribution in [3.63, 3.8) is 0 Å². The molecular formula is C15H25FN2. The van der Waals surface area contributed by atoms with Crippen molar-refractivity contribution >= 4 is 0 Å². The molecule has 0 heterocycles. The number of rotatable bonds is 6. The zero-order chi connectivity index (χ0) is 13.8. The second kappa shape index (κ2) is 6.30. The SMILES string of the molecule is CCC(N)(CC)CN(C)C(C)c1ccccc1F. The molecule has 0 amide bonds. The monoisotopic (exact) mass is 252 g/mol. The van der Waals surface area contributed by atoms with Crippen LogP contribution in [0.25, 0.3) is 0 Å². The third-order valence-electron chi connectivity index (χ3n) is 3.99. The number of nitrogens with zero attached hydrogens (tertiary/aromatic N) is 1. The minimum Gasteiger partial charge on any atom is -0.324 e. The molecule has 0 aliphatic carbocycles. The molecule has 2 nitrogen and oxygen atoms in total. The van der Waals surface area contributed by atoms with E-state index in [1.165, 1.54) is 6.07 Å². The lowest BCUT2D eigenvalue weighted by molar-refractivity contribution is 0.187. The lowest BCUT2D eigenvalue weighted by atomic mass is 9.92. The van der Waals surface area contributed by atoms with Crippen molar-refractivity contribution in [3.8, 4) is 0 Å². The lowest BCUT2D eigenvalue weighted by Crippen LogP contribution is -2.48. The smallest absolute Gasteiger partial charge is 0.127 e. The van der Waals surface area contributed by atoms with Crippen molar-refractivity contribution in [2.75, 3.05) is 13.6 Å². The molecule has 1 rings (SSSR count). The Morgan fingerprint density at radius 2 is 1.83 bits per heavy atom. The van der Waals surface area contributed by atoms with Gasteiger partial charge in [-0.05, 0) is 32.9 Å². The Kier molecular flexibility index (Phi) is 5.29. The zero-order valence-electron chi connectivity index (χ0n) is 11.9. The minimum absolute atomic E-state index is 0.0345. The summed E-state index contributed by atoms with van der Waals surface area (Å²) in [7, 11) is 2.00. The van der Waals surface area contributed by atoms with Crippen molar-refractivity contribution in [3.05, 3.63) is 35.6 Å². The van der Waals surface area contributed by atoms with E-state index in [0.717, 1.165) is 24.9 Å². The van der Waals surface area contributed by atoms with Crippen molar-refractivity contribution in [2.24, 2.45) is 5.73 Å². The quantitative estimate of drug-likeness (QED) is 0.841. The van der Waals surface area contributed by atoms with Gasteiger partial charge < -0.3 is 5.73 Å². The van der Waals surface area contributed by atoms with E-state index >= 15 is 0 Å². The molecule has 3 heteroatoms. The van der Waals surface area contributed by atoms with Gasteiger partial charge in [-0.3, -0.25) is 4.90 Å². The Labute approximate surface area is 110 Å². The Morgan fingerprint density at radius 3 is 2.33 bits per heavy atom. The molecule has 0 aliphatic heterocycles. The normalized spacial score (nSPS) is 13.9. The minimum atomic E-state index is -0.186. The van der Waals surface area contributed by atoms with Crippen LogP contribution in [0.2, 0.25) is 0 Å². The fourth-order valence-electron chi connectivity index (χ4n) is 2.16. The first-order valence-electron chi connectivity index (χ1n) is 6.67. The summed E-state index contributed by atoms with van der Waals surface area (Å²) in [5, 5.41) is 0. The Morgan fingerprint density at radius 1 is 1.28 bits per heavy atom. The zero-order valence-corrected chi connectivity index (χ0v) is 11.9. The van der Waals surface area contributed by atoms with Gasteiger partial charge in [0, 0.05) is 23.7 Å². The number of nitrogens with two attached hydrogens (primary N) is 1. The highest BCUT2D eigenvalue weighted by molar-refractivity contribution is 5.20. The Balaban J connectivity index is 2.79. The summed E-state index contributed by atoms with van der Waals surface area (Å²) < 4.78 is 13.7. The number of likely N-dealkylation sites (N-methyl/N-ethyl adjacent to an activating group) is 1. The topological polar surface area (TPSA) is 29.3 Å². The second-order valence-electron chi connectivity index (χ2n) is 5.18. The summed E-state index contributed by atoms with van der Waals surface area (Å²) in [6, 6.07) is 6.98. The summed E-state index contributed by atoms with van der Waals surface area (Å²) in [6.07, 6.45) is 1.86. The van der Waals surface area contributed by atoms with Crippen molar-refractivity contribution in [1.82, 2.24) is 4.90 Å². The van der Waals surface area contributed by atoms with Crippen LogP contribution in [-0.2, 0) is 0 Å². The Bertz CT molecular complexity index is 375. The summed E-state index contributed by atoms with van der Waals surface area (Å²) in [5.41, 5.74) is 6.86. The molecule has 102 valence electrons. The van der Waals surface area contributed by atoms with Crippen molar-refractivity contribution in [2.45, 2.75) is 45.2 Å². The standard InChI is InChI=1S/C15H25FN2/c1-5-15(17,6-2)11-18(4)12(3)13-9-7-8-10-14(13)16/h7-10,12H,5-6,11,17H2,1-4H3. The highest BCUT2D eigenvalue weighted by atomic mass is 19.1. The first-order chi connectivity index (χ1) is 8.43. The molecule has 0 aliphatic rings. The van der Waals surface area contributed by atoms with Gasteiger partial charge in [0.15, 0.2) is 0 Å². The van der Waals surface area contributed by atoms with Gasteiger partial charge in [-0.25, -0.2) is 4.39 Å². The van der Waals surface area contributed by atoms with Gasteiger partial charge in [0.25, 0.3) is 0 Å². The third-order valence-corrected chi connectivity index (χ3v) is 3.99. The van der Waals surface area contributed by atoms with E-state index < -0.39 is 0 Å². The summed E-state index contributed by atoms with van der Waals surface area (Å²) in [5.74, 6) is -0.146. The van der Waals surface area contributed by atoms with Crippen LogP contribution < -0.4 is 5.73 Å². The molecule has 0 bridgehead atoms. The van der Waals surface area contributed by atoms with E-state index in [-0.39, 0.29) is 17.4 Å².